The number of ether oxygens (including phenoxy) is 2. The van der Waals surface area contributed by atoms with Gasteiger partial charge in [-0.2, -0.15) is 5.10 Å². The lowest BCUT2D eigenvalue weighted by molar-refractivity contribution is 0.187. The maximum atomic E-state index is 5.43. The largest absolute Gasteiger partial charge is 0.481 e. The van der Waals surface area contributed by atoms with Crippen molar-refractivity contribution in [2.45, 2.75) is 39.2 Å². The maximum Gasteiger partial charge on any atom is 0.215 e. The fraction of sp³-hybridized carbons (Fsp3) is 0.750. The lowest BCUT2D eigenvalue weighted by Crippen LogP contribution is -2.13. The van der Waals surface area contributed by atoms with E-state index in [2.05, 4.69) is 25.9 Å². The van der Waals surface area contributed by atoms with Gasteiger partial charge in [-0.15, -0.1) is 0 Å². The minimum Gasteiger partial charge on any atom is -0.481 e. The Kier molecular flexibility index (Phi) is 4.35. The van der Waals surface area contributed by atoms with Crippen LogP contribution in [0.1, 0.15) is 32.8 Å². The van der Waals surface area contributed by atoms with Crippen molar-refractivity contribution in [1.29, 1.82) is 0 Å². The molecule has 0 aromatic carbocycles. The standard InChI is InChI=1S/C12H22N2O2/c1-12(2,3)10-9-13-14(11(10)16-5)7-6-8-15-4/h9H,6-8H2,1-5H3. The van der Waals surface area contributed by atoms with E-state index in [1.807, 2.05) is 10.9 Å². The molecule has 0 bridgehead atoms. The van der Waals surface area contributed by atoms with Crippen LogP contribution >= 0.6 is 0 Å². The van der Waals surface area contributed by atoms with Gasteiger partial charge in [-0.1, -0.05) is 20.8 Å². The summed E-state index contributed by atoms with van der Waals surface area (Å²) in [5.41, 5.74) is 1.21. The number of hydrogen-bond acceptors (Lipinski definition) is 3. The molecule has 0 aliphatic carbocycles. The minimum atomic E-state index is 0.0604. The van der Waals surface area contributed by atoms with Crippen LogP contribution in [0.15, 0.2) is 6.20 Å². The fourth-order valence-corrected chi connectivity index (χ4v) is 1.62. The van der Waals surface area contributed by atoms with E-state index in [9.17, 15) is 0 Å². The third-order valence-corrected chi connectivity index (χ3v) is 2.51. The first-order valence-electron chi connectivity index (χ1n) is 5.60. The second-order valence-electron chi connectivity index (χ2n) is 4.89. The highest BCUT2D eigenvalue weighted by Crippen LogP contribution is 2.30. The Bertz CT molecular complexity index is 326. The quantitative estimate of drug-likeness (QED) is 0.722. The van der Waals surface area contributed by atoms with Gasteiger partial charge in [-0.05, 0) is 11.8 Å². The molecule has 1 aromatic rings. The molecule has 0 aliphatic heterocycles. The van der Waals surface area contributed by atoms with Gasteiger partial charge >= 0.3 is 0 Å². The zero-order chi connectivity index (χ0) is 12.2. The van der Waals surface area contributed by atoms with Gasteiger partial charge in [-0.3, -0.25) is 0 Å². The minimum absolute atomic E-state index is 0.0604. The lowest BCUT2D eigenvalue weighted by Gasteiger charge is -2.18. The van der Waals surface area contributed by atoms with Crippen molar-refractivity contribution in [3.63, 3.8) is 0 Å². The summed E-state index contributed by atoms with van der Waals surface area (Å²) in [5, 5.41) is 4.36. The van der Waals surface area contributed by atoms with Crippen molar-refractivity contribution in [1.82, 2.24) is 9.78 Å². The first-order valence-corrected chi connectivity index (χ1v) is 5.60. The topological polar surface area (TPSA) is 36.3 Å². The van der Waals surface area contributed by atoms with Gasteiger partial charge in [0.15, 0.2) is 0 Å². The molecule has 1 aromatic heterocycles. The van der Waals surface area contributed by atoms with Crippen molar-refractivity contribution in [3.05, 3.63) is 11.8 Å². The molecule has 1 rings (SSSR count). The monoisotopic (exact) mass is 226 g/mol. The van der Waals surface area contributed by atoms with Gasteiger partial charge in [0.2, 0.25) is 5.88 Å². The normalized spacial score (nSPS) is 11.8. The molecule has 0 aliphatic rings. The van der Waals surface area contributed by atoms with Gasteiger partial charge in [0.05, 0.1) is 13.3 Å². The maximum absolute atomic E-state index is 5.43. The van der Waals surface area contributed by atoms with Crippen molar-refractivity contribution >= 4 is 0 Å². The van der Waals surface area contributed by atoms with E-state index in [0.717, 1.165) is 31.0 Å². The number of rotatable bonds is 5. The predicted octanol–water partition coefficient (Wildman–Crippen LogP) is 2.23. The molecular weight excluding hydrogens is 204 g/mol. The molecule has 0 radical (unpaired) electrons. The van der Waals surface area contributed by atoms with Gasteiger partial charge < -0.3 is 9.47 Å². The number of aromatic nitrogens is 2. The summed E-state index contributed by atoms with van der Waals surface area (Å²) in [6, 6.07) is 0. The zero-order valence-corrected chi connectivity index (χ0v) is 10.9. The van der Waals surface area contributed by atoms with E-state index in [-0.39, 0.29) is 5.41 Å². The summed E-state index contributed by atoms with van der Waals surface area (Å²) >= 11 is 0. The Balaban J connectivity index is 2.83. The van der Waals surface area contributed by atoms with Gasteiger partial charge in [0.1, 0.15) is 0 Å². The summed E-state index contributed by atoms with van der Waals surface area (Å²) in [4.78, 5) is 0. The predicted molar refractivity (Wildman–Crippen MR) is 64.0 cm³/mol. The summed E-state index contributed by atoms with van der Waals surface area (Å²) in [5.74, 6) is 0.864. The van der Waals surface area contributed by atoms with Crippen LogP contribution < -0.4 is 4.74 Å². The molecule has 92 valence electrons. The van der Waals surface area contributed by atoms with Crippen LogP contribution in [0, 0.1) is 0 Å². The highest BCUT2D eigenvalue weighted by atomic mass is 16.5. The molecule has 0 saturated carbocycles. The molecule has 16 heavy (non-hydrogen) atoms. The number of hydrogen-bond donors (Lipinski definition) is 0. The lowest BCUT2D eigenvalue weighted by atomic mass is 9.89. The van der Waals surface area contributed by atoms with Crippen LogP contribution in [-0.2, 0) is 16.7 Å². The molecular formula is C12H22N2O2. The van der Waals surface area contributed by atoms with Crippen LogP contribution in [0.5, 0.6) is 5.88 Å². The molecule has 0 amide bonds. The first kappa shape index (κ1) is 13.0. The number of methoxy groups -OCH3 is 2. The SMILES string of the molecule is COCCCn1ncc(C(C)(C)C)c1OC. The first-order chi connectivity index (χ1) is 7.50. The smallest absolute Gasteiger partial charge is 0.215 e. The van der Waals surface area contributed by atoms with Crippen molar-refractivity contribution in [2.24, 2.45) is 0 Å². The second-order valence-corrected chi connectivity index (χ2v) is 4.89. The van der Waals surface area contributed by atoms with Crippen LogP contribution in [-0.4, -0.2) is 30.6 Å². The molecule has 0 fully saturated rings. The Labute approximate surface area is 97.6 Å². The van der Waals surface area contributed by atoms with Gasteiger partial charge in [0, 0.05) is 25.8 Å². The fourth-order valence-electron chi connectivity index (χ4n) is 1.62. The molecule has 4 heteroatoms. The average Bonchev–Trinajstić information content (AvgIpc) is 2.60. The second kappa shape index (κ2) is 5.34. The summed E-state index contributed by atoms with van der Waals surface area (Å²) in [6.07, 6.45) is 2.84. The average molecular weight is 226 g/mol. The van der Waals surface area contributed by atoms with Crippen molar-refractivity contribution in [2.75, 3.05) is 20.8 Å². The van der Waals surface area contributed by atoms with Crippen LogP contribution in [0.3, 0.4) is 0 Å². The Morgan fingerprint density at radius 3 is 2.50 bits per heavy atom. The Hall–Kier alpha value is -1.03. The van der Waals surface area contributed by atoms with E-state index in [1.54, 1.807) is 14.2 Å². The highest BCUT2D eigenvalue weighted by molar-refractivity contribution is 5.31. The molecule has 0 atom stereocenters. The van der Waals surface area contributed by atoms with E-state index >= 15 is 0 Å². The third-order valence-electron chi connectivity index (χ3n) is 2.51. The molecule has 0 N–H and O–H groups in total. The molecule has 1 heterocycles. The van der Waals surface area contributed by atoms with E-state index in [4.69, 9.17) is 9.47 Å². The van der Waals surface area contributed by atoms with E-state index in [0.29, 0.717) is 0 Å². The van der Waals surface area contributed by atoms with Crippen LogP contribution in [0.25, 0.3) is 0 Å². The van der Waals surface area contributed by atoms with Crippen LogP contribution in [0.4, 0.5) is 0 Å². The molecule has 4 nitrogen and oxygen atoms in total. The molecule has 0 unspecified atom stereocenters. The van der Waals surface area contributed by atoms with Crippen molar-refractivity contribution < 1.29 is 9.47 Å². The highest BCUT2D eigenvalue weighted by Gasteiger charge is 2.22. The van der Waals surface area contributed by atoms with Crippen molar-refractivity contribution in [3.8, 4) is 5.88 Å². The summed E-state index contributed by atoms with van der Waals surface area (Å²) in [6.45, 7) is 8.05. The van der Waals surface area contributed by atoms with E-state index in [1.165, 1.54) is 0 Å². The van der Waals surface area contributed by atoms with E-state index < -0.39 is 0 Å². The number of nitrogens with zero attached hydrogens (tertiary/aromatic N) is 2. The third kappa shape index (κ3) is 2.98. The van der Waals surface area contributed by atoms with Gasteiger partial charge in [0.25, 0.3) is 0 Å². The Morgan fingerprint density at radius 1 is 1.31 bits per heavy atom. The van der Waals surface area contributed by atoms with Gasteiger partial charge in [-0.25, -0.2) is 4.68 Å². The number of aryl methyl sites for hydroxylation is 1. The molecule has 0 saturated heterocycles. The molecule has 0 spiro atoms. The Morgan fingerprint density at radius 2 is 2.00 bits per heavy atom. The summed E-state index contributed by atoms with van der Waals surface area (Å²) < 4.78 is 12.4. The zero-order valence-electron chi connectivity index (χ0n) is 10.9. The van der Waals surface area contributed by atoms with Crippen LogP contribution in [0.2, 0.25) is 0 Å². The summed E-state index contributed by atoms with van der Waals surface area (Å²) in [7, 11) is 3.40.